The molecule has 2 saturated heterocycles. The zero-order chi connectivity index (χ0) is 18.9. The summed E-state index contributed by atoms with van der Waals surface area (Å²) in [6.45, 7) is 4.95. The van der Waals surface area contributed by atoms with Crippen LogP contribution < -0.4 is 5.32 Å². The SMILES string of the molecule is C[C@]1(NC(=O)c2cscn2)CCOC2(CCN(Cc3nccs3)CC2)[C@@H]1O. The number of hydrogen-bond donors (Lipinski definition) is 2. The Morgan fingerprint density at radius 3 is 2.89 bits per heavy atom. The molecule has 9 heteroatoms. The van der Waals surface area contributed by atoms with Crippen molar-refractivity contribution < 1.29 is 14.6 Å². The molecular formula is C18H24N4O3S2. The molecule has 2 fully saturated rings. The zero-order valence-electron chi connectivity index (χ0n) is 15.3. The number of hydrogen-bond acceptors (Lipinski definition) is 8. The van der Waals surface area contributed by atoms with Gasteiger partial charge in [-0.25, -0.2) is 9.97 Å². The minimum absolute atomic E-state index is 0.240. The number of carbonyl (C=O) groups is 1. The minimum atomic E-state index is -0.761. The van der Waals surface area contributed by atoms with E-state index in [0.29, 0.717) is 18.7 Å². The van der Waals surface area contributed by atoms with E-state index in [4.69, 9.17) is 4.74 Å². The van der Waals surface area contributed by atoms with Gasteiger partial charge in [0.05, 0.1) is 23.2 Å². The zero-order valence-corrected chi connectivity index (χ0v) is 16.9. The number of ether oxygens (including phenoxy) is 1. The van der Waals surface area contributed by atoms with Crippen LogP contribution in [0.5, 0.6) is 0 Å². The third-order valence-electron chi connectivity index (χ3n) is 5.72. The lowest BCUT2D eigenvalue weighted by atomic mass is 9.73. The first-order valence-electron chi connectivity index (χ1n) is 9.14. The van der Waals surface area contributed by atoms with Crippen LogP contribution in [0.2, 0.25) is 0 Å². The molecule has 4 rings (SSSR count). The number of aliphatic hydroxyl groups excluding tert-OH is 1. The lowest BCUT2D eigenvalue weighted by Gasteiger charge is -2.53. The predicted octanol–water partition coefficient (Wildman–Crippen LogP) is 1.90. The lowest BCUT2D eigenvalue weighted by Crippen LogP contribution is -2.69. The normalized spacial score (nSPS) is 28.3. The summed E-state index contributed by atoms with van der Waals surface area (Å²) < 4.78 is 6.12. The van der Waals surface area contributed by atoms with Gasteiger partial charge in [-0.05, 0) is 26.2 Å². The number of piperidine rings is 1. The van der Waals surface area contributed by atoms with Crippen LogP contribution in [0.15, 0.2) is 22.5 Å². The highest BCUT2D eigenvalue weighted by molar-refractivity contribution is 7.09. The number of amides is 1. The fourth-order valence-electron chi connectivity index (χ4n) is 4.07. The Morgan fingerprint density at radius 1 is 1.41 bits per heavy atom. The Balaban J connectivity index is 1.42. The van der Waals surface area contributed by atoms with Crippen molar-refractivity contribution in [2.75, 3.05) is 19.7 Å². The molecular weight excluding hydrogens is 384 g/mol. The average molecular weight is 409 g/mol. The molecule has 1 spiro atoms. The van der Waals surface area contributed by atoms with Crippen LogP contribution in [0.1, 0.15) is 41.7 Å². The van der Waals surface area contributed by atoms with Gasteiger partial charge in [0.25, 0.3) is 5.91 Å². The molecule has 2 aromatic rings. The van der Waals surface area contributed by atoms with Gasteiger partial charge in [0, 0.05) is 36.7 Å². The Bertz CT molecular complexity index is 760. The first-order valence-corrected chi connectivity index (χ1v) is 11.0. The van der Waals surface area contributed by atoms with Crippen LogP contribution in [0.4, 0.5) is 0 Å². The summed E-state index contributed by atoms with van der Waals surface area (Å²) in [7, 11) is 0. The number of thiazole rings is 2. The first-order chi connectivity index (χ1) is 13.0. The van der Waals surface area contributed by atoms with Crippen molar-refractivity contribution in [2.45, 2.75) is 50.0 Å². The van der Waals surface area contributed by atoms with E-state index in [9.17, 15) is 9.90 Å². The van der Waals surface area contributed by atoms with Crippen LogP contribution in [-0.2, 0) is 11.3 Å². The fraction of sp³-hybridized carbons (Fsp3) is 0.611. The molecule has 2 aromatic heterocycles. The van der Waals surface area contributed by atoms with Gasteiger partial charge in [-0.3, -0.25) is 9.69 Å². The van der Waals surface area contributed by atoms with Crippen LogP contribution >= 0.6 is 22.7 Å². The molecule has 0 radical (unpaired) electrons. The van der Waals surface area contributed by atoms with Gasteiger partial charge in [0.2, 0.25) is 0 Å². The predicted molar refractivity (Wildman–Crippen MR) is 104 cm³/mol. The molecule has 0 aliphatic carbocycles. The van der Waals surface area contributed by atoms with Crippen LogP contribution in [-0.4, -0.2) is 62.8 Å². The first kappa shape index (κ1) is 18.9. The summed E-state index contributed by atoms with van der Waals surface area (Å²) in [6.07, 6.45) is 3.12. The smallest absolute Gasteiger partial charge is 0.271 e. The average Bonchev–Trinajstić information content (AvgIpc) is 3.36. The Hall–Kier alpha value is -1.39. The second kappa shape index (κ2) is 7.56. The van der Waals surface area contributed by atoms with Crippen molar-refractivity contribution in [3.05, 3.63) is 33.2 Å². The van der Waals surface area contributed by atoms with Crippen LogP contribution in [0, 0.1) is 0 Å². The molecule has 2 aliphatic rings. The fourth-order valence-corrected chi connectivity index (χ4v) is 5.26. The van der Waals surface area contributed by atoms with Gasteiger partial charge in [0.15, 0.2) is 0 Å². The largest absolute Gasteiger partial charge is 0.388 e. The van der Waals surface area contributed by atoms with Crippen molar-refractivity contribution in [3.63, 3.8) is 0 Å². The van der Waals surface area contributed by atoms with Gasteiger partial charge >= 0.3 is 0 Å². The minimum Gasteiger partial charge on any atom is -0.388 e. The number of rotatable bonds is 4. The van der Waals surface area contributed by atoms with Crippen molar-refractivity contribution in [1.82, 2.24) is 20.2 Å². The van der Waals surface area contributed by atoms with E-state index in [0.717, 1.165) is 37.5 Å². The molecule has 2 aliphatic heterocycles. The summed E-state index contributed by atoms with van der Waals surface area (Å²) in [4.78, 5) is 23.3. The maximum absolute atomic E-state index is 12.5. The maximum atomic E-state index is 12.5. The molecule has 2 atom stereocenters. The van der Waals surface area contributed by atoms with Gasteiger partial charge in [-0.15, -0.1) is 22.7 Å². The number of carbonyl (C=O) groups excluding carboxylic acids is 1. The van der Waals surface area contributed by atoms with Crippen molar-refractivity contribution in [3.8, 4) is 0 Å². The second-order valence-corrected chi connectivity index (χ2v) is 9.21. The van der Waals surface area contributed by atoms with Gasteiger partial charge in [-0.2, -0.15) is 0 Å². The molecule has 27 heavy (non-hydrogen) atoms. The number of nitrogens with zero attached hydrogens (tertiary/aromatic N) is 3. The van der Waals surface area contributed by atoms with Gasteiger partial charge in [-0.1, -0.05) is 0 Å². The maximum Gasteiger partial charge on any atom is 0.271 e. The van der Waals surface area contributed by atoms with Crippen LogP contribution in [0.3, 0.4) is 0 Å². The Morgan fingerprint density at radius 2 is 2.22 bits per heavy atom. The monoisotopic (exact) mass is 408 g/mol. The molecule has 0 unspecified atom stereocenters. The van der Waals surface area contributed by atoms with E-state index in [2.05, 4.69) is 20.2 Å². The van der Waals surface area contributed by atoms with Crippen LogP contribution in [0.25, 0.3) is 0 Å². The molecule has 146 valence electrons. The topological polar surface area (TPSA) is 87.6 Å². The summed E-state index contributed by atoms with van der Waals surface area (Å²) >= 11 is 3.05. The van der Waals surface area contributed by atoms with Crippen molar-refractivity contribution in [2.24, 2.45) is 0 Å². The molecule has 0 saturated carbocycles. The summed E-state index contributed by atoms with van der Waals surface area (Å²) in [5.41, 5.74) is 0.697. The van der Waals surface area contributed by atoms with E-state index in [1.54, 1.807) is 22.2 Å². The number of likely N-dealkylation sites (tertiary alicyclic amines) is 1. The van der Waals surface area contributed by atoms with Crippen molar-refractivity contribution in [1.29, 1.82) is 0 Å². The molecule has 2 N–H and O–H groups in total. The quantitative estimate of drug-likeness (QED) is 0.804. The van der Waals surface area contributed by atoms with Gasteiger partial charge in [0.1, 0.15) is 16.8 Å². The summed E-state index contributed by atoms with van der Waals surface area (Å²) in [5, 5.41) is 19.0. The molecule has 4 heterocycles. The van der Waals surface area contributed by atoms with Crippen molar-refractivity contribution >= 4 is 28.6 Å². The summed E-state index contributed by atoms with van der Waals surface area (Å²) in [6, 6.07) is 0. The highest BCUT2D eigenvalue weighted by Crippen LogP contribution is 2.40. The third kappa shape index (κ3) is 3.79. The Labute approximate surface area is 166 Å². The molecule has 0 aromatic carbocycles. The second-order valence-electron chi connectivity index (χ2n) is 7.51. The number of aromatic nitrogens is 2. The molecule has 7 nitrogen and oxygen atoms in total. The highest BCUT2D eigenvalue weighted by Gasteiger charge is 2.53. The molecule has 1 amide bonds. The lowest BCUT2D eigenvalue weighted by molar-refractivity contribution is -0.205. The van der Waals surface area contributed by atoms with Gasteiger partial charge < -0.3 is 15.2 Å². The van der Waals surface area contributed by atoms with E-state index in [1.165, 1.54) is 11.3 Å². The van der Waals surface area contributed by atoms with E-state index in [-0.39, 0.29) is 5.91 Å². The Kier molecular flexibility index (Phi) is 5.30. The number of aliphatic hydroxyl groups is 1. The van der Waals surface area contributed by atoms with E-state index in [1.807, 2.05) is 18.5 Å². The summed E-state index contributed by atoms with van der Waals surface area (Å²) in [5.74, 6) is -0.240. The van der Waals surface area contributed by atoms with E-state index < -0.39 is 17.2 Å². The standard InChI is InChI=1S/C18H24N4O3S2/c1-17(21-15(23)13-11-26-12-20-13)4-8-25-18(16(17)24)2-6-22(7-3-18)10-14-19-5-9-27-14/h5,9,11-12,16,24H,2-4,6-8,10H2,1H3,(H,21,23)/t16-,17+/m1/s1. The molecule has 0 bridgehead atoms. The number of nitrogens with one attached hydrogen (secondary N) is 1. The van der Waals surface area contributed by atoms with E-state index >= 15 is 0 Å². The highest BCUT2D eigenvalue weighted by atomic mass is 32.1. The third-order valence-corrected chi connectivity index (χ3v) is 7.07.